The van der Waals surface area contributed by atoms with Gasteiger partial charge in [0.15, 0.2) is 5.13 Å². The molecule has 0 bridgehead atoms. The minimum Gasteiger partial charge on any atom is -0.497 e. The molecule has 0 saturated carbocycles. The minimum atomic E-state index is -0.426. The first-order chi connectivity index (χ1) is 13.5. The molecule has 1 unspecified atom stereocenters. The number of ether oxygens (including phenoxy) is 1. The van der Waals surface area contributed by atoms with Crippen LogP contribution in [0.4, 0.5) is 5.13 Å². The number of benzene rings is 2. The summed E-state index contributed by atoms with van der Waals surface area (Å²) in [6, 6.07) is 13.0. The lowest BCUT2D eigenvalue weighted by atomic mass is 10.0. The smallest absolute Gasteiger partial charge is 0.228 e. The maximum Gasteiger partial charge on any atom is 0.228 e. The molecule has 7 heteroatoms. The number of carbonyl (C=O) groups is 2. The molecule has 1 heterocycles. The average molecular weight is 398 g/mol. The van der Waals surface area contributed by atoms with Gasteiger partial charge in [-0.05, 0) is 41.8 Å². The highest BCUT2D eigenvalue weighted by atomic mass is 32.1. The third-order valence-electron chi connectivity index (χ3n) is 4.39. The first-order valence-corrected chi connectivity index (χ1v) is 9.90. The number of nitrogens with zero attached hydrogens (tertiary/aromatic N) is 1. The van der Waals surface area contributed by atoms with Crippen LogP contribution in [-0.4, -0.2) is 23.9 Å². The molecule has 1 aromatic heterocycles. The van der Waals surface area contributed by atoms with Gasteiger partial charge in [-0.1, -0.05) is 36.5 Å². The predicted octanol–water partition coefficient (Wildman–Crippen LogP) is 4.07. The van der Waals surface area contributed by atoms with Gasteiger partial charge in [0.05, 0.1) is 29.8 Å². The van der Waals surface area contributed by atoms with Crippen molar-refractivity contribution in [1.82, 2.24) is 10.3 Å². The lowest BCUT2D eigenvalue weighted by molar-refractivity contribution is -0.120. The molecule has 0 fully saturated rings. The van der Waals surface area contributed by atoms with E-state index in [0.29, 0.717) is 5.13 Å². The standard InChI is InChI=1S/C21H23N3O3S/c1-4-14-5-10-17-19(11-14)28-21(23-17)24-20(26)12-18(22-13(2)25)15-6-8-16(27-3)9-7-15/h5-11,18H,4,12H2,1-3H3,(H,22,25)(H,23,24,26). The van der Waals surface area contributed by atoms with Crippen LogP contribution in [0.3, 0.4) is 0 Å². The predicted molar refractivity (Wildman–Crippen MR) is 112 cm³/mol. The summed E-state index contributed by atoms with van der Waals surface area (Å²) in [4.78, 5) is 28.6. The van der Waals surface area contributed by atoms with Gasteiger partial charge in [-0.2, -0.15) is 0 Å². The van der Waals surface area contributed by atoms with E-state index in [1.807, 2.05) is 24.3 Å². The molecule has 2 N–H and O–H groups in total. The number of carbonyl (C=O) groups excluding carboxylic acids is 2. The number of aromatic nitrogens is 1. The monoisotopic (exact) mass is 397 g/mol. The summed E-state index contributed by atoms with van der Waals surface area (Å²) in [6.07, 6.45) is 1.07. The van der Waals surface area contributed by atoms with Gasteiger partial charge in [-0.25, -0.2) is 4.98 Å². The van der Waals surface area contributed by atoms with Crippen LogP contribution >= 0.6 is 11.3 Å². The number of aryl methyl sites for hydroxylation is 1. The summed E-state index contributed by atoms with van der Waals surface area (Å²) in [5.41, 5.74) is 2.94. The van der Waals surface area contributed by atoms with E-state index in [4.69, 9.17) is 4.74 Å². The third-order valence-corrected chi connectivity index (χ3v) is 5.33. The number of thiazole rings is 1. The topological polar surface area (TPSA) is 80.3 Å². The highest BCUT2D eigenvalue weighted by molar-refractivity contribution is 7.22. The van der Waals surface area contributed by atoms with Crippen LogP contribution in [0.1, 0.15) is 37.4 Å². The first-order valence-electron chi connectivity index (χ1n) is 9.09. The summed E-state index contributed by atoms with van der Waals surface area (Å²) in [5.74, 6) is 0.320. The van der Waals surface area contributed by atoms with Crippen LogP contribution in [0.15, 0.2) is 42.5 Å². The Balaban J connectivity index is 1.73. The second kappa shape index (κ2) is 8.84. The maximum absolute atomic E-state index is 12.6. The number of methoxy groups -OCH3 is 1. The second-order valence-electron chi connectivity index (χ2n) is 6.45. The van der Waals surface area contributed by atoms with Gasteiger partial charge in [0.2, 0.25) is 11.8 Å². The molecule has 146 valence electrons. The van der Waals surface area contributed by atoms with Crippen molar-refractivity contribution in [3.63, 3.8) is 0 Å². The van der Waals surface area contributed by atoms with E-state index in [-0.39, 0.29) is 18.2 Å². The lowest BCUT2D eigenvalue weighted by Crippen LogP contribution is -2.29. The SMILES string of the molecule is CCc1ccc2nc(NC(=O)CC(NC(C)=O)c3ccc(OC)cc3)sc2c1. The number of nitrogens with one attached hydrogen (secondary N) is 2. The molecule has 2 aromatic carbocycles. The molecular weight excluding hydrogens is 374 g/mol. The molecule has 0 saturated heterocycles. The molecule has 0 aliphatic heterocycles. The molecular formula is C21H23N3O3S. The van der Waals surface area contributed by atoms with Crippen molar-refractivity contribution in [3.05, 3.63) is 53.6 Å². The molecule has 1 atom stereocenters. The lowest BCUT2D eigenvalue weighted by Gasteiger charge is -2.18. The van der Waals surface area contributed by atoms with Crippen LogP contribution in [0.5, 0.6) is 5.75 Å². The van der Waals surface area contributed by atoms with Crippen LogP contribution < -0.4 is 15.4 Å². The summed E-state index contributed by atoms with van der Waals surface area (Å²) >= 11 is 1.45. The zero-order chi connectivity index (χ0) is 20.1. The molecule has 28 heavy (non-hydrogen) atoms. The quantitative estimate of drug-likeness (QED) is 0.630. The maximum atomic E-state index is 12.6. The van der Waals surface area contributed by atoms with Gasteiger partial charge >= 0.3 is 0 Å². The summed E-state index contributed by atoms with van der Waals surface area (Å²) < 4.78 is 6.21. The Bertz CT molecular complexity index is 982. The first kappa shape index (κ1) is 19.8. The highest BCUT2D eigenvalue weighted by Crippen LogP contribution is 2.28. The number of fused-ring (bicyclic) bond motifs is 1. The molecule has 0 radical (unpaired) electrons. The van der Waals surface area contributed by atoms with E-state index in [1.165, 1.54) is 23.8 Å². The van der Waals surface area contributed by atoms with E-state index < -0.39 is 6.04 Å². The van der Waals surface area contributed by atoms with Crippen molar-refractivity contribution < 1.29 is 14.3 Å². The third kappa shape index (κ3) is 4.86. The van der Waals surface area contributed by atoms with Gasteiger partial charge in [-0.3, -0.25) is 9.59 Å². The fourth-order valence-corrected chi connectivity index (χ4v) is 3.88. The normalized spacial score (nSPS) is 11.8. The largest absolute Gasteiger partial charge is 0.497 e. The number of amides is 2. The Morgan fingerprint density at radius 2 is 1.93 bits per heavy atom. The number of hydrogen-bond donors (Lipinski definition) is 2. The van der Waals surface area contributed by atoms with E-state index in [2.05, 4.69) is 28.6 Å². The molecule has 0 aliphatic rings. The number of anilines is 1. The Hall–Kier alpha value is -2.93. The van der Waals surface area contributed by atoms with Crippen molar-refractivity contribution in [3.8, 4) is 5.75 Å². The van der Waals surface area contributed by atoms with Crippen LogP contribution in [-0.2, 0) is 16.0 Å². The minimum absolute atomic E-state index is 0.113. The van der Waals surface area contributed by atoms with Crippen LogP contribution in [0, 0.1) is 0 Å². The molecule has 0 spiro atoms. The Labute approximate surface area is 167 Å². The van der Waals surface area contributed by atoms with Gasteiger partial charge in [0.1, 0.15) is 5.75 Å². The fourth-order valence-electron chi connectivity index (χ4n) is 2.93. The van der Waals surface area contributed by atoms with Crippen molar-refractivity contribution in [2.75, 3.05) is 12.4 Å². The van der Waals surface area contributed by atoms with Crippen molar-refractivity contribution in [2.24, 2.45) is 0 Å². The van der Waals surface area contributed by atoms with Crippen molar-refractivity contribution >= 4 is 38.5 Å². The Morgan fingerprint density at radius 1 is 1.18 bits per heavy atom. The summed E-state index contributed by atoms with van der Waals surface area (Å²) in [6.45, 7) is 3.54. The molecule has 3 rings (SSSR count). The van der Waals surface area contributed by atoms with E-state index in [0.717, 1.165) is 28.0 Å². The van der Waals surface area contributed by atoms with Crippen molar-refractivity contribution in [2.45, 2.75) is 32.7 Å². The van der Waals surface area contributed by atoms with Crippen LogP contribution in [0.25, 0.3) is 10.2 Å². The van der Waals surface area contributed by atoms with Gasteiger partial charge in [0.25, 0.3) is 0 Å². The fraction of sp³-hybridized carbons (Fsp3) is 0.286. The second-order valence-corrected chi connectivity index (χ2v) is 7.48. The number of rotatable bonds is 7. The zero-order valence-corrected chi connectivity index (χ0v) is 16.9. The van der Waals surface area contributed by atoms with Gasteiger partial charge in [-0.15, -0.1) is 0 Å². The highest BCUT2D eigenvalue weighted by Gasteiger charge is 2.18. The van der Waals surface area contributed by atoms with Crippen LogP contribution in [0.2, 0.25) is 0 Å². The molecule has 6 nitrogen and oxygen atoms in total. The van der Waals surface area contributed by atoms with E-state index in [9.17, 15) is 9.59 Å². The molecule has 3 aromatic rings. The number of hydrogen-bond acceptors (Lipinski definition) is 5. The molecule has 2 amide bonds. The van der Waals surface area contributed by atoms with Crippen molar-refractivity contribution in [1.29, 1.82) is 0 Å². The van der Waals surface area contributed by atoms with Gasteiger partial charge < -0.3 is 15.4 Å². The Morgan fingerprint density at radius 3 is 2.57 bits per heavy atom. The molecule has 0 aliphatic carbocycles. The Kier molecular flexibility index (Phi) is 6.26. The summed E-state index contributed by atoms with van der Waals surface area (Å²) in [7, 11) is 1.59. The van der Waals surface area contributed by atoms with E-state index in [1.54, 1.807) is 19.2 Å². The average Bonchev–Trinajstić information content (AvgIpc) is 3.08. The van der Waals surface area contributed by atoms with Gasteiger partial charge in [0, 0.05) is 6.92 Å². The van der Waals surface area contributed by atoms with E-state index >= 15 is 0 Å². The zero-order valence-electron chi connectivity index (χ0n) is 16.1. The summed E-state index contributed by atoms with van der Waals surface area (Å²) in [5, 5.41) is 6.25.